The van der Waals surface area contributed by atoms with Gasteiger partial charge in [-0.15, -0.1) is 0 Å². The van der Waals surface area contributed by atoms with Crippen molar-refractivity contribution in [2.45, 2.75) is 18.6 Å². The maximum absolute atomic E-state index is 13.0. The van der Waals surface area contributed by atoms with Crippen LogP contribution in [0.5, 0.6) is 0 Å². The van der Waals surface area contributed by atoms with Crippen molar-refractivity contribution < 1.29 is 9.18 Å². The van der Waals surface area contributed by atoms with E-state index in [2.05, 4.69) is 40.0 Å². The van der Waals surface area contributed by atoms with Crippen LogP contribution in [0.2, 0.25) is 0 Å². The summed E-state index contributed by atoms with van der Waals surface area (Å²) in [5.41, 5.74) is 8.60. The molecule has 2 heterocycles. The molecule has 0 saturated carbocycles. The molecule has 0 aromatic heterocycles. The number of benzene rings is 2. The number of nitrogens with one attached hydrogen (secondary N) is 2. The molecule has 4 rings (SSSR count). The van der Waals surface area contributed by atoms with Crippen molar-refractivity contribution in [1.29, 1.82) is 0 Å². The largest absolute Gasteiger partial charge is 0.336 e. The van der Waals surface area contributed by atoms with Gasteiger partial charge in [0.2, 0.25) is 0 Å². The second kappa shape index (κ2) is 7.53. The molecule has 2 aliphatic heterocycles. The average Bonchev–Trinajstić information content (AvgIpc) is 3.19. The zero-order valence-electron chi connectivity index (χ0n) is 14.6. The Balaban J connectivity index is 1.31. The highest BCUT2D eigenvalue weighted by Crippen LogP contribution is 2.24. The maximum atomic E-state index is 13.0. The van der Waals surface area contributed by atoms with E-state index in [9.17, 15) is 9.18 Å². The van der Waals surface area contributed by atoms with Crippen molar-refractivity contribution in [2.75, 3.05) is 26.2 Å². The van der Waals surface area contributed by atoms with Crippen molar-refractivity contribution in [2.24, 2.45) is 0 Å². The Hall–Kier alpha value is -2.28. The molecule has 1 amide bonds. The van der Waals surface area contributed by atoms with E-state index in [0.29, 0.717) is 24.7 Å². The van der Waals surface area contributed by atoms with E-state index in [1.54, 1.807) is 12.1 Å². The Kier molecular flexibility index (Phi) is 4.97. The Morgan fingerprint density at radius 3 is 2.31 bits per heavy atom. The SMILES string of the molecule is O=C(c1ccc(F)cc1)N1CCN(C2CC(c3ccccc3)NN2)CC1. The molecule has 2 N–H and O–H groups in total. The first-order chi connectivity index (χ1) is 12.7. The lowest BCUT2D eigenvalue weighted by atomic mass is 10.0. The van der Waals surface area contributed by atoms with Gasteiger partial charge in [0.15, 0.2) is 0 Å². The Morgan fingerprint density at radius 1 is 0.923 bits per heavy atom. The normalized spacial score (nSPS) is 24.0. The summed E-state index contributed by atoms with van der Waals surface area (Å²) in [5, 5.41) is 0. The molecular formula is C20H23FN4O. The van der Waals surface area contributed by atoms with E-state index in [4.69, 9.17) is 0 Å². The molecular weight excluding hydrogens is 331 g/mol. The molecule has 5 nitrogen and oxygen atoms in total. The van der Waals surface area contributed by atoms with Crippen LogP contribution in [0.15, 0.2) is 54.6 Å². The first-order valence-electron chi connectivity index (χ1n) is 9.05. The van der Waals surface area contributed by atoms with Gasteiger partial charge in [0.25, 0.3) is 5.91 Å². The van der Waals surface area contributed by atoms with Crippen molar-refractivity contribution >= 4 is 5.91 Å². The van der Waals surface area contributed by atoms with Gasteiger partial charge in [0.1, 0.15) is 5.82 Å². The average molecular weight is 354 g/mol. The van der Waals surface area contributed by atoms with Crippen molar-refractivity contribution in [1.82, 2.24) is 20.7 Å². The third-order valence-electron chi connectivity index (χ3n) is 5.22. The topological polar surface area (TPSA) is 47.6 Å². The molecule has 2 atom stereocenters. The predicted octanol–water partition coefficient (Wildman–Crippen LogP) is 2.15. The molecule has 6 heteroatoms. The quantitative estimate of drug-likeness (QED) is 0.887. The molecule has 2 aliphatic rings. The summed E-state index contributed by atoms with van der Waals surface area (Å²) in [6.45, 7) is 3.02. The Morgan fingerprint density at radius 2 is 1.62 bits per heavy atom. The number of hydrogen-bond donors (Lipinski definition) is 2. The summed E-state index contributed by atoms with van der Waals surface area (Å²) in [6, 6.07) is 16.5. The number of hydrogen-bond acceptors (Lipinski definition) is 4. The Labute approximate surface area is 152 Å². The van der Waals surface area contributed by atoms with Crippen LogP contribution < -0.4 is 10.9 Å². The third kappa shape index (κ3) is 3.62. The molecule has 2 fully saturated rings. The van der Waals surface area contributed by atoms with Crippen LogP contribution in [0.1, 0.15) is 28.4 Å². The minimum absolute atomic E-state index is 0.0238. The molecule has 2 aromatic rings. The molecule has 26 heavy (non-hydrogen) atoms. The van der Waals surface area contributed by atoms with Crippen LogP contribution in [0, 0.1) is 5.82 Å². The highest BCUT2D eigenvalue weighted by molar-refractivity contribution is 5.94. The monoisotopic (exact) mass is 354 g/mol. The van der Waals surface area contributed by atoms with Gasteiger partial charge in [0, 0.05) is 37.8 Å². The molecule has 0 aliphatic carbocycles. The molecule has 2 saturated heterocycles. The molecule has 2 unspecified atom stereocenters. The second-order valence-corrected chi connectivity index (χ2v) is 6.84. The lowest BCUT2D eigenvalue weighted by Crippen LogP contribution is -2.55. The van der Waals surface area contributed by atoms with Crippen LogP contribution in [0.4, 0.5) is 4.39 Å². The van der Waals surface area contributed by atoms with Crippen LogP contribution in [-0.4, -0.2) is 48.1 Å². The Bertz CT molecular complexity index is 744. The number of rotatable bonds is 3. The van der Waals surface area contributed by atoms with Crippen LogP contribution >= 0.6 is 0 Å². The van der Waals surface area contributed by atoms with E-state index in [1.165, 1.54) is 17.7 Å². The highest BCUT2D eigenvalue weighted by atomic mass is 19.1. The summed E-state index contributed by atoms with van der Waals surface area (Å²) < 4.78 is 13.0. The molecule has 0 radical (unpaired) electrons. The van der Waals surface area contributed by atoms with E-state index < -0.39 is 0 Å². The zero-order chi connectivity index (χ0) is 17.9. The summed E-state index contributed by atoms with van der Waals surface area (Å²) in [4.78, 5) is 16.8. The predicted molar refractivity (Wildman–Crippen MR) is 97.7 cm³/mol. The third-order valence-corrected chi connectivity index (χ3v) is 5.22. The number of piperazine rings is 1. The standard InChI is InChI=1S/C20H23FN4O/c21-17-8-6-16(7-9-17)20(26)25-12-10-24(11-13-25)19-14-18(22-23-19)15-4-2-1-3-5-15/h1-9,18-19,22-23H,10-14H2. The molecule has 136 valence electrons. The highest BCUT2D eigenvalue weighted by Gasteiger charge is 2.32. The van der Waals surface area contributed by atoms with Gasteiger partial charge >= 0.3 is 0 Å². The van der Waals surface area contributed by atoms with E-state index >= 15 is 0 Å². The molecule has 0 spiro atoms. The van der Waals surface area contributed by atoms with Crippen molar-refractivity contribution in [3.05, 3.63) is 71.5 Å². The fourth-order valence-corrected chi connectivity index (χ4v) is 3.69. The van der Waals surface area contributed by atoms with Crippen molar-refractivity contribution in [3.63, 3.8) is 0 Å². The lowest BCUT2D eigenvalue weighted by molar-refractivity contribution is 0.0545. The first kappa shape index (κ1) is 17.1. The number of carbonyl (C=O) groups is 1. The number of halogens is 1. The maximum Gasteiger partial charge on any atom is 0.253 e. The number of nitrogens with zero attached hydrogens (tertiary/aromatic N) is 2. The fourth-order valence-electron chi connectivity index (χ4n) is 3.69. The zero-order valence-corrected chi connectivity index (χ0v) is 14.6. The number of hydrazine groups is 1. The van der Waals surface area contributed by atoms with Crippen LogP contribution in [0.25, 0.3) is 0 Å². The summed E-state index contributed by atoms with van der Waals surface area (Å²) in [5.74, 6) is -0.344. The van der Waals surface area contributed by atoms with E-state index in [0.717, 1.165) is 19.5 Å². The van der Waals surface area contributed by atoms with Gasteiger partial charge in [-0.25, -0.2) is 15.2 Å². The van der Waals surface area contributed by atoms with E-state index in [1.807, 2.05) is 11.0 Å². The fraction of sp³-hybridized carbons (Fsp3) is 0.350. The van der Waals surface area contributed by atoms with Gasteiger partial charge in [-0.05, 0) is 36.2 Å². The minimum atomic E-state index is -0.320. The van der Waals surface area contributed by atoms with Crippen molar-refractivity contribution in [3.8, 4) is 0 Å². The summed E-state index contributed by atoms with van der Waals surface area (Å²) in [6.07, 6.45) is 1.26. The molecule has 0 bridgehead atoms. The first-order valence-corrected chi connectivity index (χ1v) is 9.05. The lowest BCUT2D eigenvalue weighted by Gasteiger charge is -2.37. The summed E-state index contributed by atoms with van der Waals surface area (Å²) in [7, 11) is 0. The van der Waals surface area contributed by atoms with E-state index in [-0.39, 0.29) is 17.9 Å². The van der Waals surface area contributed by atoms with Gasteiger partial charge in [-0.2, -0.15) is 0 Å². The smallest absolute Gasteiger partial charge is 0.253 e. The van der Waals surface area contributed by atoms with Gasteiger partial charge in [-0.3, -0.25) is 9.69 Å². The van der Waals surface area contributed by atoms with Gasteiger partial charge in [-0.1, -0.05) is 30.3 Å². The summed E-state index contributed by atoms with van der Waals surface area (Å²) >= 11 is 0. The minimum Gasteiger partial charge on any atom is -0.336 e. The van der Waals surface area contributed by atoms with Gasteiger partial charge < -0.3 is 4.90 Å². The van der Waals surface area contributed by atoms with Crippen LogP contribution in [-0.2, 0) is 0 Å². The number of carbonyl (C=O) groups excluding carboxylic acids is 1. The second-order valence-electron chi connectivity index (χ2n) is 6.84. The number of amides is 1. The van der Waals surface area contributed by atoms with Gasteiger partial charge in [0.05, 0.1) is 6.17 Å². The molecule has 2 aromatic carbocycles. The van der Waals surface area contributed by atoms with Crippen LogP contribution in [0.3, 0.4) is 0 Å².